The molecule has 0 saturated carbocycles. The van der Waals surface area contributed by atoms with Gasteiger partial charge >= 0.3 is 0 Å². The number of nitrogens with one attached hydrogen (secondary N) is 1. The number of nitrogens with zero attached hydrogens (tertiary/aromatic N) is 2. The Hall–Kier alpha value is -1.68. The average Bonchev–Trinajstić information content (AvgIpc) is 2.81. The van der Waals surface area contributed by atoms with Gasteiger partial charge in [-0.05, 0) is 55.6 Å². The molecule has 0 saturated heterocycles. The molecule has 1 aromatic heterocycles. The van der Waals surface area contributed by atoms with Crippen LogP contribution in [-0.4, -0.2) is 22.9 Å². The highest BCUT2D eigenvalue weighted by Crippen LogP contribution is 2.14. The first kappa shape index (κ1) is 14.7. The highest BCUT2D eigenvalue weighted by Gasteiger charge is 2.12. The van der Waals surface area contributed by atoms with Crippen molar-refractivity contribution in [2.75, 3.05) is 13.1 Å². The van der Waals surface area contributed by atoms with Crippen molar-refractivity contribution in [2.24, 2.45) is 13.0 Å². The summed E-state index contributed by atoms with van der Waals surface area (Å²) in [6.07, 6.45) is 3.73. The Labute approximate surface area is 119 Å². The van der Waals surface area contributed by atoms with E-state index in [0.717, 1.165) is 37.2 Å². The second-order valence-corrected chi connectivity index (χ2v) is 5.19. The van der Waals surface area contributed by atoms with Crippen LogP contribution < -0.4 is 5.32 Å². The first-order chi connectivity index (χ1) is 9.67. The van der Waals surface area contributed by atoms with E-state index in [9.17, 15) is 4.39 Å². The van der Waals surface area contributed by atoms with E-state index in [-0.39, 0.29) is 5.82 Å². The van der Waals surface area contributed by atoms with Gasteiger partial charge < -0.3 is 5.32 Å². The summed E-state index contributed by atoms with van der Waals surface area (Å²) in [4.78, 5) is 0. The van der Waals surface area contributed by atoms with Gasteiger partial charge in [-0.1, -0.05) is 19.1 Å². The SMILES string of the molecule is CCNCC(Cc1cccc(F)c1)Cc1ccn(C)n1. The van der Waals surface area contributed by atoms with Gasteiger partial charge in [-0.15, -0.1) is 0 Å². The quantitative estimate of drug-likeness (QED) is 0.841. The molecule has 108 valence electrons. The number of rotatable bonds is 7. The first-order valence-electron chi connectivity index (χ1n) is 7.11. The third-order valence-corrected chi connectivity index (χ3v) is 3.36. The molecule has 0 aliphatic heterocycles. The van der Waals surface area contributed by atoms with Crippen LogP contribution in [0, 0.1) is 11.7 Å². The molecule has 0 aliphatic carbocycles. The zero-order valence-electron chi connectivity index (χ0n) is 12.1. The highest BCUT2D eigenvalue weighted by molar-refractivity contribution is 5.17. The maximum atomic E-state index is 13.3. The molecule has 0 fully saturated rings. The monoisotopic (exact) mass is 275 g/mol. The Bertz CT molecular complexity index is 536. The number of hydrogen-bond acceptors (Lipinski definition) is 2. The summed E-state index contributed by atoms with van der Waals surface area (Å²) in [5, 5.41) is 7.81. The van der Waals surface area contributed by atoms with Crippen molar-refractivity contribution >= 4 is 0 Å². The number of aryl methyl sites for hydroxylation is 1. The fourth-order valence-electron chi connectivity index (χ4n) is 2.43. The second-order valence-electron chi connectivity index (χ2n) is 5.19. The van der Waals surface area contributed by atoms with Crippen molar-refractivity contribution in [3.63, 3.8) is 0 Å². The van der Waals surface area contributed by atoms with E-state index in [1.807, 2.05) is 30.1 Å². The van der Waals surface area contributed by atoms with E-state index < -0.39 is 0 Å². The number of aromatic nitrogens is 2. The third-order valence-electron chi connectivity index (χ3n) is 3.36. The Balaban J connectivity index is 2.02. The largest absolute Gasteiger partial charge is 0.317 e. The van der Waals surface area contributed by atoms with Crippen molar-refractivity contribution in [2.45, 2.75) is 19.8 Å². The molecule has 3 nitrogen and oxygen atoms in total. The second kappa shape index (κ2) is 7.20. The summed E-state index contributed by atoms with van der Waals surface area (Å²) in [5.41, 5.74) is 2.13. The molecule has 4 heteroatoms. The first-order valence-corrected chi connectivity index (χ1v) is 7.11. The van der Waals surface area contributed by atoms with Gasteiger partial charge in [0.15, 0.2) is 0 Å². The highest BCUT2D eigenvalue weighted by atomic mass is 19.1. The molecule has 1 atom stereocenters. The zero-order valence-corrected chi connectivity index (χ0v) is 12.1. The summed E-state index contributed by atoms with van der Waals surface area (Å²) < 4.78 is 15.1. The zero-order chi connectivity index (χ0) is 14.4. The van der Waals surface area contributed by atoms with Gasteiger partial charge in [0.25, 0.3) is 0 Å². The lowest BCUT2D eigenvalue weighted by Gasteiger charge is -2.16. The van der Waals surface area contributed by atoms with E-state index in [2.05, 4.69) is 17.3 Å². The summed E-state index contributed by atoms with van der Waals surface area (Å²) in [7, 11) is 1.93. The van der Waals surface area contributed by atoms with Crippen LogP contribution in [0.4, 0.5) is 4.39 Å². The molecule has 2 aromatic rings. The smallest absolute Gasteiger partial charge is 0.123 e. The van der Waals surface area contributed by atoms with Gasteiger partial charge in [0, 0.05) is 13.2 Å². The summed E-state index contributed by atoms with van der Waals surface area (Å²) in [6, 6.07) is 8.92. The standard InChI is InChI=1S/C16H22FN3/c1-3-18-12-14(11-16-7-8-20(2)19-16)9-13-5-4-6-15(17)10-13/h4-8,10,14,18H,3,9,11-12H2,1-2H3. The van der Waals surface area contributed by atoms with Crippen LogP contribution in [0.25, 0.3) is 0 Å². The predicted molar refractivity (Wildman–Crippen MR) is 79.0 cm³/mol. The van der Waals surface area contributed by atoms with Crippen molar-refractivity contribution in [1.29, 1.82) is 0 Å². The van der Waals surface area contributed by atoms with Gasteiger partial charge in [0.1, 0.15) is 5.82 Å². The third kappa shape index (κ3) is 4.46. The molecule has 2 rings (SSSR count). The molecule has 1 N–H and O–H groups in total. The van der Waals surface area contributed by atoms with Gasteiger partial charge in [-0.2, -0.15) is 5.10 Å². The lowest BCUT2D eigenvalue weighted by molar-refractivity contribution is 0.470. The van der Waals surface area contributed by atoms with Crippen LogP contribution in [0.3, 0.4) is 0 Å². The van der Waals surface area contributed by atoms with Crippen LogP contribution in [-0.2, 0) is 19.9 Å². The molecule has 0 radical (unpaired) electrons. The lowest BCUT2D eigenvalue weighted by atomic mass is 9.94. The minimum Gasteiger partial charge on any atom is -0.317 e. The molecule has 0 spiro atoms. The van der Waals surface area contributed by atoms with E-state index >= 15 is 0 Å². The molecule has 1 aromatic carbocycles. The van der Waals surface area contributed by atoms with Crippen LogP contribution in [0.5, 0.6) is 0 Å². The van der Waals surface area contributed by atoms with Crippen LogP contribution in [0.1, 0.15) is 18.2 Å². The minimum absolute atomic E-state index is 0.164. The Morgan fingerprint density at radius 1 is 1.30 bits per heavy atom. The molecule has 0 amide bonds. The van der Waals surface area contributed by atoms with Gasteiger partial charge in [-0.25, -0.2) is 4.39 Å². The van der Waals surface area contributed by atoms with Crippen molar-refractivity contribution in [3.05, 3.63) is 53.6 Å². The molecule has 1 unspecified atom stereocenters. The van der Waals surface area contributed by atoms with E-state index in [4.69, 9.17) is 0 Å². The molecule has 1 heterocycles. The number of benzene rings is 1. The number of hydrogen-bond donors (Lipinski definition) is 1. The van der Waals surface area contributed by atoms with Crippen molar-refractivity contribution in [3.8, 4) is 0 Å². The minimum atomic E-state index is -0.164. The molecular weight excluding hydrogens is 253 g/mol. The topological polar surface area (TPSA) is 29.9 Å². The average molecular weight is 275 g/mol. The molecule has 0 aliphatic rings. The normalized spacial score (nSPS) is 12.6. The van der Waals surface area contributed by atoms with Crippen molar-refractivity contribution < 1.29 is 4.39 Å². The molecule has 20 heavy (non-hydrogen) atoms. The molecule has 0 bridgehead atoms. The fourth-order valence-corrected chi connectivity index (χ4v) is 2.43. The van der Waals surface area contributed by atoms with Crippen LogP contribution in [0.15, 0.2) is 36.5 Å². The maximum Gasteiger partial charge on any atom is 0.123 e. The Morgan fingerprint density at radius 3 is 2.80 bits per heavy atom. The summed E-state index contributed by atoms with van der Waals surface area (Å²) >= 11 is 0. The lowest BCUT2D eigenvalue weighted by Crippen LogP contribution is -2.26. The Morgan fingerprint density at radius 2 is 2.15 bits per heavy atom. The van der Waals surface area contributed by atoms with E-state index in [0.29, 0.717) is 5.92 Å². The Kier molecular flexibility index (Phi) is 5.30. The van der Waals surface area contributed by atoms with Gasteiger partial charge in [0.05, 0.1) is 5.69 Å². The van der Waals surface area contributed by atoms with Gasteiger partial charge in [-0.3, -0.25) is 4.68 Å². The van der Waals surface area contributed by atoms with Crippen LogP contribution >= 0.6 is 0 Å². The predicted octanol–water partition coefficient (Wildman–Crippen LogP) is 2.57. The fraction of sp³-hybridized carbons (Fsp3) is 0.438. The molecular formula is C16H22FN3. The van der Waals surface area contributed by atoms with E-state index in [1.165, 1.54) is 6.07 Å². The van der Waals surface area contributed by atoms with Crippen molar-refractivity contribution in [1.82, 2.24) is 15.1 Å². The van der Waals surface area contributed by atoms with Crippen LogP contribution in [0.2, 0.25) is 0 Å². The number of halogens is 1. The van der Waals surface area contributed by atoms with Gasteiger partial charge in [0.2, 0.25) is 0 Å². The van der Waals surface area contributed by atoms with E-state index in [1.54, 1.807) is 12.1 Å². The summed E-state index contributed by atoms with van der Waals surface area (Å²) in [6.45, 7) is 3.96. The maximum absolute atomic E-state index is 13.3. The summed E-state index contributed by atoms with van der Waals surface area (Å²) in [5.74, 6) is 0.259.